The highest BCUT2D eigenvalue weighted by Crippen LogP contribution is 2.50. The maximum Gasteiger partial charge on any atom is 0.341 e. The Labute approximate surface area is 192 Å². The van der Waals surface area contributed by atoms with Gasteiger partial charge in [-0.05, 0) is 44.4 Å². The van der Waals surface area contributed by atoms with Crippen LogP contribution in [-0.2, 0) is 9.47 Å². The lowest BCUT2D eigenvalue weighted by atomic mass is 9.87. The minimum atomic E-state index is -1.21. The van der Waals surface area contributed by atoms with Crippen LogP contribution >= 0.6 is 0 Å². The largest absolute Gasteiger partial charge is 0.493 e. The molecule has 1 aromatic heterocycles. The summed E-state index contributed by atoms with van der Waals surface area (Å²) in [6.45, 7) is 6.79. The highest BCUT2D eigenvalue weighted by atomic mass is 16.5. The highest BCUT2D eigenvalue weighted by Gasteiger charge is 2.45. The normalized spacial score (nSPS) is 20.6. The van der Waals surface area contributed by atoms with Gasteiger partial charge >= 0.3 is 5.97 Å². The quantitative estimate of drug-likeness (QED) is 0.642. The Kier molecular flexibility index (Phi) is 5.45. The summed E-state index contributed by atoms with van der Waals surface area (Å²) in [4.78, 5) is 24.4. The Hall–Kier alpha value is -2.84. The van der Waals surface area contributed by atoms with Gasteiger partial charge in [0.2, 0.25) is 0 Å². The van der Waals surface area contributed by atoms with E-state index in [1.54, 1.807) is 7.11 Å². The Balaban J connectivity index is 1.68. The van der Waals surface area contributed by atoms with E-state index in [9.17, 15) is 14.7 Å². The van der Waals surface area contributed by atoms with Gasteiger partial charge < -0.3 is 19.3 Å². The van der Waals surface area contributed by atoms with E-state index in [0.717, 1.165) is 47.4 Å². The van der Waals surface area contributed by atoms with Crippen LogP contribution in [-0.4, -0.2) is 54.8 Å². The monoisotopic (exact) mass is 454 g/mol. The molecule has 1 atom stereocenters. The van der Waals surface area contributed by atoms with Gasteiger partial charge in [-0.25, -0.2) is 4.79 Å². The number of ether oxygens (including phenoxy) is 3. The molecule has 1 N–H and O–H groups in total. The van der Waals surface area contributed by atoms with Gasteiger partial charge in [0.05, 0.1) is 37.1 Å². The Bertz CT molecular complexity index is 1150. The predicted molar refractivity (Wildman–Crippen MR) is 123 cm³/mol. The van der Waals surface area contributed by atoms with E-state index in [0.29, 0.717) is 26.4 Å². The second-order valence-electron chi connectivity index (χ2n) is 9.70. The molecule has 5 rings (SSSR count). The van der Waals surface area contributed by atoms with Gasteiger partial charge in [0, 0.05) is 49.4 Å². The summed E-state index contributed by atoms with van der Waals surface area (Å²) in [5.41, 5.74) is 2.99. The van der Waals surface area contributed by atoms with Crippen molar-refractivity contribution < 1.29 is 24.1 Å². The van der Waals surface area contributed by atoms with Crippen LogP contribution in [0.3, 0.4) is 0 Å². The van der Waals surface area contributed by atoms with Crippen molar-refractivity contribution in [3.05, 3.63) is 51.3 Å². The van der Waals surface area contributed by atoms with Crippen LogP contribution in [0.5, 0.6) is 5.75 Å². The second-order valence-corrected chi connectivity index (χ2v) is 9.70. The minimum absolute atomic E-state index is 0.0691. The van der Waals surface area contributed by atoms with Gasteiger partial charge in [-0.15, -0.1) is 0 Å². The average Bonchev–Trinajstić information content (AvgIpc) is 3.05. The fourth-order valence-corrected chi connectivity index (χ4v) is 5.30. The first-order valence-corrected chi connectivity index (χ1v) is 11.5. The summed E-state index contributed by atoms with van der Waals surface area (Å²) in [5, 5.41) is 11.8. The van der Waals surface area contributed by atoms with Crippen molar-refractivity contribution in [1.82, 2.24) is 4.68 Å². The summed E-state index contributed by atoms with van der Waals surface area (Å²) in [5.74, 6) is -0.105. The number of carbonyl (C=O) groups is 1. The molecule has 176 valence electrons. The molecule has 0 saturated carbocycles. The van der Waals surface area contributed by atoms with E-state index in [-0.39, 0.29) is 23.1 Å². The molecule has 0 amide bonds. The molecule has 2 aromatic rings. The molecule has 8 nitrogen and oxygen atoms in total. The van der Waals surface area contributed by atoms with Crippen LogP contribution in [0.4, 0.5) is 0 Å². The molecule has 4 heterocycles. The molecule has 0 aliphatic carbocycles. The number of hydrogen-bond donors (Lipinski definition) is 1. The van der Waals surface area contributed by atoms with Crippen molar-refractivity contribution in [2.24, 2.45) is 0 Å². The number of aromatic carboxylic acids is 1. The summed E-state index contributed by atoms with van der Waals surface area (Å²) in [6.07, 6.45) is 4.17. The zero-order chi connectivity index (χ0) is 23.3. The minimum Gasteiger partial charge on any atom is -0.493 e. The number of carboxylic acids is 1. The maximum absolute atomic E-state index is 12.7. The Morgan fingerprint density at radius 1 is 1.21 bits per heavy atom. The van der Waals surface area contributed by atoms with Gasteiger partial charge in [-0.2, -0.15) is 0 Å². The number of hydrogen-bond acceptors (Lipinski definition) is 6. The van der Waals surface area contributed by atoms with Gasteiger partial charge in [0.25, 0.3) is 0 Å². The van der Waals surface area contributed by atoms with Crippen LogP contribution in [0.15, 0.2) is 29.2 Å². The topological polar surface area (TPSA) is 90.2 Å². The van der Waals surface area contributed by atoms with Crippen molar-refractivity contribution in [1.29, 1.82) is 0 Å². The zero-order valence-electron chi connectivity index (χ0n) is 19.3. The molecule has 3 aliphatic rings. The number of fused-ring (bicyclic) bond motifs is 6. The molecule has 0 radical (unpaired) electrons. The zero-order valence-corrected chi connectivity index (χ0v) is 19.3. The molecule has 33 heavy (non-hydrogen) atoms. The second kappa shape index (κ2) is 8.18. The van der Waals surface area contributed by atoms with Gasteiger partial charge in [0.1, 0.15) is 11.3 Å². The van der Waals surface area contributed by atoms with Crippen molar-refractivity contribution >= 4 is 5.97 Å². The standard InChI is InChI=1S/C25H30N2O6/c1-25(2)6-5-20-18-10-23(33-8-4-7-31-3)16(15-13-32-14-15)9-17(18)21-11-22(28)19(24(29)30)12-26(21)27(20)25/h9-12,15,20H,4-8,13-14H2,1-3H3,(H,29,30). The third-order valence-corrected chi connectivity index (χ3v) is 7.08. The lowest BCUT2D eigenvalue weighted by Gasteiger charge is -2.45. The third-order valence-electron chi connectivity index (χ3n) is 7.08. The smallest absolute Gasteiger partial charge is 0.341 e. The average molecular weight is 455 g/mol. The van der Waals surface area contributed by atoms with E-state index in [4.69, 9.17) is 14.2 Å². The molecule has 0 spiro atoms. The summed E-state index contributed by atoms with van der Waals surface area (Å²) >= 11 is 0. The van der Waals surface area contributed by atoms with Crippen LogP contribution in [0.25, 0.3) is 11.3 Å². The molecular formula is C25H30N2O6. The molecule has 3 aliphatic heterocycles. The highest BCUT2D eigenvalue weighted by molar-refractivity contribution is 5.88. The van der Waals surface area contributed by atoms with E-state index in [1.807, 2.05) is 4.68 Å². The van der Waals surface area contributed by atoms with Crippen molar-refractivity contribution in [2.45, 2.75) is 50.6 Å². The van der Waals surface area contributed by atoms with E-state index in [1.165, 1.54) is 12.3 Å². The first-order valence-electron chi connectivity index (χ1n) is 11.5. The van der Waals surface area contributed by atoms with Crippen LogP contribution in [0, 0.1) is 0 Å². The van der Waals surface area contributed by atoms with Crippen LogP contribution in [0.2, 0.25) is 0 Å². The first-order chi connectivity index (χ1) is 15.8. The summed E-state index contributed by atoms with van der Waals surface area (Å²) in [7, 11) is 1.68. The number of rotatable bonds is 7. The van der Waals surface area contributed by atoms with Gasteiger partial charge in [-0.3, -0.25) is 14.5 Å². The lowest BCUT2D eigenvalue weighted by Crippen LogP contribution is -2.50. The summed E-state index contributed by atoms with van der Waals surface area (Å²) in [6, 6.07) is 5.79. The molecule has 8 heteroatoms. The van der Waals surface area contributed by atoms with Crippen molar-refractivity contribution in [3.63, 3.8) is 0 Å². The fourth-order valence-electron chi connectivity index (χ4n) is 5.30. The van der Waals surface area contributed by atoms with Gasteiger partial charge in [-0.1, -0.05) is 0 Å². The van der Waals surface area contributed by atoms with E-state index < -0.39 is 11.4 Å². The number of benzene rings is 1. The number of carboxylic acid groups (broad SMARTS) is 1. The summed E-state index contributed by atoms with van der Waals surface area (Å²) < 4.78 is 18.7. The number of aromatic nitrogens is 1. The van der Waals surface area contributed by atoms with Crippen molar-refractivity contribution in [2.75, 3.05) is 38.5 Å². The first kappa shape index (κ1) is 22.0. The molecular weight excluding hydrogens is 424 g/mol. The number of nitrogens with zero attached hydrogens (tertiary/aromatic N) is 2. The van der Waals surface area contributed by atoms with E-state index in [2.05, 4.69) is 31.0 Å². The molecule has 2 saturated heterocycles. The van der Waals surface area contributed by atoms with E-state index >= 15 is 0 Å². The Morgan fingerprint density at radius 2 is 2.00 bits per heavy atom. The number of methoxy groups -OCH3 is 1. The van der Waals surface area contributed by atoms with Crippen LogP contribution in [0.1, 0.15) is 66.6 Å². The SMILES string of the molecule is COCCCOc1cc2c(cc1C1COC1)-c1cc(=O)c(C(=O)O)cn1N1C2CCC1(C)C. The lowest BCUT2D eigenvalue weighted by molar-refractivity contribution is 0.00724. The van der Waals surface area contributed by atoms with Gasteiger partial charge in [0.15, 0.2) is 5.43 Å². The molecule has 0 bridgehead atoms. The fraction of sp³-hybridized carbons (Fsp3) is 0.520. The van der Waals surface area contributed by atoms with Crippen LogP contribution < -0.4 is 15.2 Å². The third kappa shape index (κ3) is 3.61. The molecule has 1 aromatic carbocycles. The maximum atomic E-state index is 12.7. The Morgan fingerprint density at radius 3 is 2.67 bits per heavy atom. The molecule has 1 unspecified atom stereocenters. The predicted octanol–water partition coefficient (Wildman–Crippen LogP) is 3.31. The number of pyridine rings is 1. The molecule has 2 fully saturated rings. The van der Waals surface area contributed by atoms with Crippen molar-refractivity contribution in [3.8, 4) is 17.0 Å².